The Morgan fingerprint density at radius 3 is 2.17 bits per heavy atom. The summed E-state index contributed by atoms with van der Waals surface area (Å²) < 4.78 is 34.7. The van der Waals surface area contributed by atoms with Crippen molar-refractivity contribution in [3.8, 4) is 5.75 Å². The molecule has 0 spiro atoms. The van der Waals surface area contributed by atoms with Crippen molar-refractivity contribution in [1.29, 1.82) is 0 Å². The molecule has 0 fully saturated rings. The molecule has 0 aromatic heterocycles. The third kappa shape index (κ3) is 8.07. The third-order valence-electron chi connectivity index (χ3n) is 6.22. The van der Waals surface area contributed by atoms with Gasteiger partial charge in [0, 0.05) is 33.7 Å². The van der Waals surface area contributed by atoms with Gasteiger partial charge < -0.3 is 15.0 Å². The molecule has 220 valence electrons. The number of hydrogen-bond donors (Lipinski definition) is 1. The highest BCUT2D eigenvalue weighted by Crippen LogP contribution is 2.33. The zero-order valence-electron chi connectivity index (χ0n) is 22.9. The van der Waals surface area contributed by atoms with Crippen LogP contribution in [0.15, 0.2) is 71.6 Å². The lowest BCUT2D eigenvalue weighted by Crippen LogP contribution is -2.51. The lowest BCUT2D eigenvalue weighted by molar-refractivity contribution is -0.139. The van der Waals surface area contributed by atoms with E-state index in [1.807, 2.05) is 6.92 Å². The van der Waals surface area contributed by atoms with E-state index in [2.05, 4.69) is 5.32 Å². The number of hydrogen-bond acceptors (Lipinski definition) is 5. The molecule has 0 aliphatic rings. The number of anilines is 1. The first kappa shape index (κ1) is 32.5. The Morgan fingerprint density at radius 1 is 0.927 bits per heavy atom. The predicted octanol–water partition coefficient (Wildman–Crippen LogP) is 6.18. The van der Waals surface area contributed by atoms with Gasteiger partial charge in [0.15, 0.2) is 0 Å². The molecule has 1 N–H and O–H groups in total. The highest BCUT2D eigenvalue weighted by atomic mass is 35.5. The van der Waals surface area contributed by atoms with Crippen LogP contribution in [0.2, 0.25) is 15.1 Å². The van der Waals surface area contributed by atoms with E-state index in [-0.39, 0.29) is 29.5 Å². The van der Waals surface area contributed by atoms with E-state index in [9.17, 15) is 18.0 Å². The monoisotopic (exact) mass is 639 g/mol. The highest BCUT2D eigenvalue weighted by molar-refractivity contribution is 7.92. The second-order valence-corrected chi connectivity index (χ2v) is 12.2. The normalized spacial score (nSPS) is 12.0. The first-order valence-corrected chi connectivity index (χ1v) is 15.6. The second-order valence-electron chi connectivity index (χ2n) is 9.06. The van der Waals surface area contributed by atoms with Gasteiger partial charge in [-0.25, -0.2) is 8.42 Å². The van der Waals surface area contributed by atoms with E-state index < -0.39 is 34.4 Å². The quantitative estimate of drug-likeness (QED) is 0.241. The van der Waals surface area contributed by atoms with E-state index in [1.165, 1.54) is 29.2 Å². The molecule has 12 heteroatoms. The highest BCUT2D eigenvalue weighted by Gasteiger charge is 2.34. The number of ether oxygens (including phenoxy) is 1. The van der Waals surface area contributed by atoms with E-state index in [0.717, 1.165) is 4.31 Å². The molecule has 0 bridgehead atoms. The zero-order valence-corrected chi connectivity index (χ0v) is 26.0. The number of benzene rings is 3. The van der Waals surface area contributed by atoms with Gasteiger partial charge in [-0.05, 0) is 68.8 Å². The lowest BCUT2D eigenvalue weighted by atomic mass is 10.1. The number of nitrogens with one attached hydrogen (secondary N) is 1. The van der Waals surface area contributed by atoms with E-state index in [4.69, 9.17) is 39.5 Å². The number of carbonyl (C=O) groups is 2. The first-order chi connectivity index (χ1) is 19.5. The van der Waals surface area contributed by atoms with Crippen molar-refractivity contribution < 1.29 is 22.7 Å². The number of amides is 2. The van der Waals surface area contributed by atoms with Gasteiger partial charge in [-0.3, -0.25) is 13.9 Å². The lowest BCUT2D eigenvalue weighted by Gasteiger charge is -2.32. The number of para-hydroxylation sites is 2. The number of halogens is 3. The Bertz CT molecular complexity index is 1450. The fourth-order valence-electron chi connectivity index (χ4n) is 4.02. The molecular formula is C29H32Cl3N3O5S. The minimum Gasteiger partial charge on any atom is -0.492 e. The fraction of sp³-hybridized carbons (Fsp3) is 0.310. The van der Waals surface area contributed by atoms with Gasteiger partial charge in [0.2, 0.25) is 11.8 Å². The van der Waals surface area contributed by atoms with Crippen LogP contribution in [-0.2, 0) is 26.2 Å². The maximum atomic E-state index is 14.1. The molecule has 0 aliphatic heterocycles. The number of nitrogens with zero attached hydrogens (tertiary/aromatic N) is 2. The summed E-state index contributed by atoms with van der Waals surface area (Å²) in [6, 6.07) is 16.1. The van der Waals surface area contributed by atoms with Crippen LogP contribution in [0.4, 0.5) is 5.69 Å². The van der Waals surface area contributed by atoms with Crippen LogP contribution < -0.4 is 14.4 Å². The van der Waals surface area contributed by atoms with Crippen LogP contribution in [-0.4, -0.2) is 50.9 Å². The molecule has 1 atom stereocenters. The first-order valence-electron chi connectivity index (χ1n) is 13.0. The summed E-state index contributed by atoms with van der Waals surface area (Å²) in [6.45, 7) is 5.17. The van der Waals surface area contributed by atoms with Crippen molar-refractivity contribution in [2.45, 2.75) is 44.7 Å². The van der Waals surface area contributed by atoms with Crippen molar-refractivity contribution in [2.75, 3.05) is 24.0 Å². The van der Waals surface area contributed by atoms with Gasteiger partial charge in [0.05, 0.1) is 17.2 Å². The fourth-order valence-corrected chi connectivity index (χ4v) is 6.09. The van der Waals surface area contributed by atoms with Gasteiger partial charge in [0.25, 0.3) is 10.0 Å². The predicted molar refractivity (Wildman–Crippen MR) is 163 cm³/mol. The zero-order chi connectivity index (χ0) is 30.2. The number of carbonyl (C=O) groups excluding carboxylic acids is 2. The Morgan fingerprint density at radius 2 is 1.56 bits per heavy atom. The van der Waals surface area contributed by atoms with Crippen LogP contribution in [0.25, 0.3) is 0 Å². The van der Waals surface area contributed by atoms with Crippen LogP contribution in [0.5, 0.6) is 5.75 Å². The molecule has 0 saturated heterocycles. The Balaban J connectivity index is 2.11. The molecule has 0 radical (unpaired) electrons. The van der Waals surface area contributed by atoms with Crippen molar-refractivity contribution in [1.82, 2.24) is 10.2 Å². The number of rotatable bonds is 13. The van der Waals surface area contributed by atoms with E-state index in [0.29, 0.717) is 33.6 Å². The molecule has 3 rings (SSSR count). The molecule has 3 aromatic carbocycles. The molecular weight excluding hydrogens is 609 g/mol. The second kappa shape index (κ2) is 14.8. The van der Waals surface area contributed by atoms with Crippen LogP contribution in [0, 0.1) is 0 Å². The molecule has 0 heterocycles. The summed E-state index contributed by atoms with van der Waals surface area (Å²) in [5.41, 5.74) is 0.595. The van der Waals surface area contributed by atoms with Crippen LogP contribution in [0.1, 0.15) is 32.8 Å². The molecule has 41 heavy (non-hydrogen) atoms. The third-order valence-corrected chi connectivity index (χ3v) is 8.96. The Hall–Kier alpha value is -2.98. The maximum Gasteiger partial charge on any atom is 0.264 e. The Kier molecular flexibility index (Phi) is 11.7. The van der Waals surface area contributed by atoms with Crippen molar-refractivity contribution in [2.24, 2.45) is 0 Å². The minimum absolute atomic E-state index is 0.0737. The average molecular weight is 641 g/mol. The summed E-state index contributed by atoms with van der Waals surface area (Å²) in [6.07, 6.45) is 0.698. The van der Waals surface area contributed by atoms with Crippen molar-refractivity contribution in [3.05, 3.63) is 87.4 Å². The summed E-state index contributed by atoms with van der Waals surface area (Å²) in [7, 11) is -4.30. The molecule has 8 nitrogen and oxygen atoms in total. The largest absolute Gasteiger partial charge is 0.492 e. The standard InChI is InChI=1S/C29H32Cl3N3O5S/c1-4-17-33-29(37)20(3)34(18-23-24(31)9-8-10-25(23)32)28(36)19-35(26-11-6-7-12-27(26)40-5-2)41(38,39)22-15-13-21(30)14-16-22/h6-16,20H,4-5,17-19H2,1-3H3,(H,33,37)/t20-/m0/s1. The molecule has 0 saturated carbocycles. The van der Waals surface area contributed by atoms with Gasteiger partial charge >= 0.3 is 0 Å². The van der Waals surface area contributed by atoms with E-state index in [1.54, 1.807) is 56.3 Å². The van der Waals surface area contributed by atoms with Gasteiger partial charge in [-0.15, -0.1) is 0 Å². The van der Waals surface area contributed by atoms with Crippen molar-refractivity contribution >= 4 is 62.3 Å². The number of sulfonamides is 1. The van der Waals surface area contributed by atoms with Gasteiger partial charge in [-0.2, -0.15) is 0 Å². The molecule has 0 aliphatic carbocycles. The van der Waals surface area contributed by atoms with Crippen molar-refractivity contribution in [3.63, 3.8) is 0 Å². The van der Waals surface area contributed by atoms with Gasteiger partial charge in [-0.1, -0.05) is 59.9 Å². The molecule has 0 unspecified atom stereocenters. The summed E-state index contributed by atoms with van der Waals surface area (Å²) >= 11 is 18.8. The molecule has 2 amide bonds. The summed E-state index contributed by atoms with van der Waals surface area (Å²) in [4.78, 5) is 28.3. The van der Waals surface area contributed by atoms with E-state index >= 15 is 0 Å². The average Bonchev–Trinajstić information content (AvgIpc) is 2.95. The topological polar surface area (TPSA) is 96.0 Å². The Labute approximate surface area is 256 Å². The summed E-state index contributed by atoms with van der Waals surface area (Å²) in [5, 5.41) is 3.77. The van der Waals surface area contributed by atoms with Crippen LogP contribution in [0.3, 0.4) is 0 Å². The minimum atomic E-state index is -4.30. The van der Waals surface area contributed by atoms with Gasteiger partial charge in [0.1, 0.15) is 18.3 Å². The smallest absolute Gasteiger partial charge is 0.264 e. The SMILES string of the molecule is CCCNC(=O)[C@H](C)N(Cc1c(Cl)cccc1Cl)C(=O)CN(c1ccccc1OCC)S(=O)(=O)c1ccc(Cl)cc1. The summed E-state index contributed by atoms with van der Waals surface area (Å²) in [5.74, 6) is -0.774. The maximum absolute atomic E-state index is 14.1. The van der Waals surface area contributed by atoms with Crippen LogP contribution >= 0.6 is 34.8 Å². The molecule has 3 aromatic rings.